The number of H-pyrrole nitrogens is 1. The van der Waals surface area contributed by atoms with Gasteiger partial charge in [-0.25, -0.2) is 13.1 Å². The number of sulfonamides is 1. The Balaban J connectivity index is 1.91. The quantitative estimate of drug-likeness (QED) is 0.715. The maximum absolute atomic E-state index is 12.2. The van der Waals surface area contributed by atoms with Crippen LogP contribution in [0.25, 0.3) is 0 Å². The molecule has 0 amide bonds. The van der Waals surface area contributed by atoms with Crippen LogP contribution < -0.4 is 10.0 Å². The van der Waals surface area contributed by atoms with Crippen LogP contribution in [0, 0.1) is 0 Å². The Labute approximate surface area is 125 Å². The number of thioether (sulfide) groups is 1. The predicted molar refractivity (Wildman–Crippen MR) is 83.4 cm³/mol. The largest absolute Gasteiger partial charge is 0.363 e. The zero-order chi connectivity index (χ0) is 14.6. The van der Waals surface area contributed by atoms with Gasteiger partial charge in [0.2, 0.25) is 10.0 Å². The molecule has 1 atom stereocenters. The Morgan fingerprint density at radius 3 is 2.95 bits per heavy atom. The Morgan fingerprint density at radius 2 is 2.30 bits per heavy atom. The minimum absolute atomic E-state index is 0.320. The molecular weight excluding hydrogens is 294 g/mol. The van der Waals surface area contributed by atoms with Gasteiger partial charge >= 0.3 is 0 Å². The summed E-state index contributed by atoms with van der Waals surface area (Å²) in [5.41, 5.74) is 0.884. The Kier molecular flexibility index (Phi) is 5.54. The van der Waals surface area contributed by atoms with Crippen LogP contribution in [0.1, 0.15) is 32.4 Å². The zero-order valence-electron chi connectivity index (χ0n) is 12.0. The van der Waals surface area contributed by atoms with Gasteiger partial charge in [0, 0.05) is 36.3 Å². The molecule has 1 saturated heterocycles. The molecule has 1 aromatic heterocycles. The normalized spacial score (nSPS) is 19.9. The fourth-order valence-electron chi connectivity index (χ4n) is 2.08. The summed E-state index contributed by atoms with van der Waals surface area (Å²) in [4.78, 5) is 3.33. The third kappa shape index (κ3) is 4.51. The Hall–Kier alpha value is -0.500. The molecule has 5 nitrogen and oxygen atoms in total. The lowest BCUT2D eigenvalue weighted by Crippen LogP contribution is -2.29. The molecule has 0 radical (unpaired) electrons. The predicted octanol–water partition coefficient (Wildman–Crippen LogP) is 1.69. The van der Waals surface area contributed by atoms with Crippen LogP contribution in [0.5, 0.6) is 0 Å². The van der Waals surface area contributed by atoms with Gasteiger partial charge in [0.1, 0.15) is 0 Å². The van der Waals surface area contributed by atoms with Crippen molar-refractivity contribution >= 4 is 21.8 Å². The summed E-state index contributed by atoms with van der Waals surface area (Å²) in [6.45, 7) is 5.28. The standard InChI is InChI=1S/C13H23N3O2S2/c1-10(2)14-7-11-6-13(9-15-11)20(17,18)16-8-12-4-3-5-19-12/h6,9-10,12,14-16H,3-5,7-8H2,1-2H3. The molecule has 2 rings (SSSR count). The van der Waals surface area contributed by atoms with Crippen molar-refractivity contribution in [2.75, 3.05) is 12.3 Å². The van der Waals surface area contributed by atoms with Crippen LogP contribution >= 0.6 is 11.8 Å². The van der Waals surface area contributed by atoms with Crippen molar-refractivity contribution in [2.45, 2.75) is 49.4 Å². The van der Waals surface area contributed by atoms with E-state index in [4.69, 9.17) is 0 Å². The summed E-state index contributed by atoms with van der Waals surface area (Å²) in [5, 5.41) is 3.68. The monoisotopic (exact) mass is 317 g/mol. The number of nitrogens with one attached hydrogen (secondary N) is 3. The number of rotatable bonds is 7. The second kappa shape index (κ2) is 6.98. The summed E-state index contributed by atoms with van der Waals surface area (Å²) in [7, 11) is -3.39. The highest BCUT2D eigenvalue weighted by Crippen LogP contribution is 2.25. The summed E-state index contributed by atoms with van der Waals surface area (Å²) >= 11 is 1.85. The van der Waals surface area contributed by atoms with E-state index in [0.717, 1.165) is 17.9 Å². The van der Waals surface area contributed by atoms with E-state index < -0.39 is 10.0 Å². The molecule has 2 heterocycles. The fraction of sp³-hybridized carbons (Fsp3) is 0.692. The number of aromatic amines is 1. The topological polar surface area (TPSA) is 74.0 Å². The molecule has 1 fully saturated rings. The number of hydrogen-bond donors (Lipinski definition) is 3. The molecule has 0 saturated carbocycles. The van der Waals surface area contributed by atoms with Crippen molar-refractivity contribution in [3.05, 3.63) is 18.0 Å². The summed E-state index contributed by atoms with van der Waals surface area (Å²) in [6, 6.07) is 2.07. The smallest absolute Gasteiger partial charge is 0.242 e. The SMILES string of the molecule is CC(C)NCc1cc(S(=O)(=O)NCC2CCCS2)c[nH]1. The van der Waals surface area contributed by atoms with E-state index in [1.807, 2.05) is 11.8 Å². The Bertz CT molecular complexity index is 519. The van der Waals surface area contributed by atoms with E-state index >= 15 is 0 Å². The summed E-state index contributed by atoms with van der Waals surface area (Å²) in [6.07, 6.45) is 3.84. The average Bonchev–Trinajstić information content (AvgIpc) is 3.05. The van der Waals surface area contributed by atoms with Gasteiger partial charge in [-0.15, -0.1) is 0 Å². The molecular formula is C13H23N3O2S2. The van der Waals surface area contributed by atoms with E-state index in [9.17, 15) is 8.42 Å². The van der Waals surface area contributed by atoms with Crippen LogP contribution in [0.3, 0.4) is 0 Å². The number of aromatic nitrogens is 1. The molecule has 1 unspecified atom stereocenters. The summed E-state index contributed by atoms with van der Waals surface area (Å²) < 4.78 is 27.1. The third-order valence-corrected chi connectivity index (χ3v) is 6.05. The van der Waals surface area contributed by atoms with Crippen LogP contribution in [0.2, 0.25) is 0 Å². The maximum atomic E-state index is 12.2. The molecule has 0 bridgehead atoms. The van der Waals surface area contributed by atoms with Gasteiger partial charge in [0.15, 0.2) is 0 Å². The first-order valence-corrected chi connectivity index (χ1v) is 9.52. The first-order chi connectivity index (χ1) is 9.47. The zero-order valence-corrected chi connectivity index (χ0v) is 13.6. The van der Waals surface area contributed by atoms with Crippen molar-refractivity contribution in [3.8, 4) is 0 Å². The van der Waals surface area contributed by atoms with E-state index in [1.165, 1.54) is 6.42 Å². The molecule has 0 aromatic carbocycles. The minimum Gasteiger partial charge on any atom is -0.363 e. The van der Waals surface area contributed by atoms with Crippen molar-refractivity contribution in [3.63, 3.8) is 0 Å². The van der Waals surface area contributed by atoms with Crippen LogP contribution in [0.15, 0.2) is 17.2 Å². The lowest BCUT2D eigenvalue weighted by molar-refractivity contribution is 0.578. The molecule has 7 heteroatoms. The molecule has 1 aliphatic rings. The second-order valence-electron chi connectivity index (χ2n) is 5.38. The van der Waals surface area contributed by atoms with Gasteiger partial charge in [-0.1, -0.05) is 13.8 Å². The van der Waals surface area contributed by atoms with Crippen LogP contribution in [0.4, 0.5) is 0 Å². The highest BCUT2D eigenvalue weighted by Gasteiger charge is 2.21. The molecule has 3 N–H and O–H groups in total. The van der Waals surface area contributed by atoms with Crippen LogP contribution in [-0.4, -0.2) is 37.0 Å². The third-order valence-electron chi connectivity index (χ3n) is 3.25. The van der Waals surface area contributed by atoms with Gasteiger partial charge < -0.3 is 10.3 Å². The van der Waals surface area contributed by atoms with Crippen molar-refractivity contribution in [2.24, 2.45) is 0 Å². The minimum atomic E-state index is -3.39. The van der Waals surface area contributed by atoms with E-state index in [2.05, 4.69) is 28.9 Å². The molecule has 20 heavy (non-hydrogen) atoms. The summed E-state index contributed by atoms with van der Waals surface area (Å²) in [5.74, 6) is 1.14. The van der Waals surface area contributed by atoms with Crippen molar-refractivity contribution in [1.29, 1.82) is 0 Å². The van der Waals surface area contributed by atoms with Gasteiger partial charge in [-0.2, -0.15) is 11.8 Å². The van der Waals surface area contributed by atoms with Gasteiger partial charge in [-0.05, 0) is 24.7 Å². The number of hydrogen-bond acceptors (Lipinski definition) is 4. The molecule has 114 valence electrons. The first-order valence-electron chi connectivity index (χ1n) is 6.99. The Morgan fingerprint density at radius 1 is 1.50 bits per heavy atom. The second-order valence-corrected chi connectivity index (χ2v) is 8.56. The highest BCUT2D eigenvalue weighted by atomic mass is 32.2. The lowest BCUT2D eigenvalue weighted by Gasteiger charge is -2.09. The van der Waals surface area contributed by atoms with Gasteiger partial charge in [0.05, 0.1) is 4.90 Å². The molecule has 0 aliphatic carbocycles. The van der Waals surface area contributed by atoms with Crippen molar-refractivity contribution < 1.29 is 8.42 Å². The maximum Gasteiger partial charge on any atom is 0.242 e. The highest BCUT2D eigenvalue weighted by molar-refractivity contribution is 8.00. The van der Waals surface area contributed by atoms with E-state index in [1.54, 1.807) is 12.3 Å². The van der Waals surface area contributed by atoms with Gasteiger partial charge in [0.25, 0.3) is 0 Å². The van der Waals surface area contributed by atoms with Gasteiger partial charge in [-0.3, -0.25) is 0 Å². The average molecular weight is 317 g/mol. The van der Waals surface area contributed by atoms with Crippen LogP contribution in [-0.2, 0) is 16.6 Å². The first kappa shape index (κ1) is 15.9. The fourth-order valence-corrected chi connectivity index (χ4v) is 4.49. The lowest BCUT2D eigenvalue weighted by atomic mass is 10.2. The molecule has 0 spiro atoms. The molecule has 1 aliphatic heterocycles. The van der Waals surface area contributed by atoms with E-state index in [0.29, 0.717) is 29.3 Å². The van der Waals surface area contributed by atoms with Crippen molar-refractivity contribution in [1.82, 2.24) is 15.0 Å². The molecule has 1 aromatic rings. The van der Waals surface area contributed by atoms with E-state index in [-0.39, 0.29) is 0 Å².